The molecule has 0 aliphatic rings. The molecule has 2 N–H and O–H groups in total. The Morgan fingerprint density at radius 1 is 1.05 bits per heavy atom. The van der Waals surface area contributed by atoms with E-state index in [1.54, 1.807) is 56.3 Å². The van der Waals surface area contributed by atoms with Crippen LogP contribution in [-0.2, 0) is 16.5 Å². The van der Waals surface area contributed by atoms with Gasteiger partial charge in [0.05, 0.1) is 27.9 Å². The number of rotatable bonds is 8. The number of amides is 1. The van der Waals surface area contributed by atoms with Gasteiger partial charge in [-0.1, -0.05) is 60.1 Å². The van der Waals surface area contributed by atoms with Crippen LogP contribution in [0.2, 0.25) is 10.0 Å². The summed E-state index contributed by atoms with van der Waals surface area (Å²) in [6, 6.07) is 15.5. The molecule has 4 rings (SSSR count). The molecule has 0 saturated heterocycles. The van der Waals surface area contributed by atoms with E-state index in [1.807, 2.05) is 0 Å². The molecule has 0 saturated carbocycles. The predicted octanol–water partition coefficient (Wildman–Crippen LogP) is 4.10. The van der Waals surface area contributed by atoms with Crippen molar-refractivity contribution in [1.29, 1.82) is 0 Å². The van der Waals surface area contributed by atoms with Gasteiger partial charge >= 0.3 is 29.6 Å². The average Bonchev–Trinajstić information content (AvgIpc) is 2.89. The fourth-order valence-corrected chi connectivity index (χ4v) is 5.34. The Hall–Kier alpha value is -2.70. The molecule has 0 spiro atoms. The van der Waals surface area contributed by atoms with Gasteiger partial charge in [0, 0.05) is 22.0 Å². The zero-order valence-electron chi connectivity index (χ0n) is 21.7. The van der Waals surface area contributed by atoms with Crippen LogP contribution in [0.1, 0.15) is 29.8 Å². The summed E-state index contributed by atoms with van der Waals surface area (Å²) >= 11 is 12.4. The number of azo groups is 1. The molecule has 0 aliphatic heterocycles. The Morgan fingerprint density at radius 2 is 1.77 bits per heavy atom. The molecule has 9 nitrogen and oxygen atoms in total. The van der Waals surface area contributed by atoms with Gasteiger partial charge in [0.2, 0.25) is 0 Å². The summed E-state index contributed by atoms with van der Waals surface area (Å²) in [7, 11) is -4.51. The van der Waals surface area contributed by atoms with Crippen molar-refractivity contribution >= 4 is 67.1 Å². The zero-order valence-corrected chi connectivity index (χ0v) is 26.1. The molecule has 4 aromatic rings. The summed E-state index contributed by atoms with van der Waals surface area (Å²) < 4.78 is 38.4. The second kappa shape index (κ2) is 13.3. The molecular formula is C27H22Cl2N3NaO6S. The smallest absolute Gasteiger partial charge is 0.870 e. The van der Waals surface area contributed by atoms with Gasteiger partial charge in [-0.2, -0.15) is 13.5 Å². The summed E-state index contributed by atoms with van der Waals surface area (Å²) in [5, 5.41) is 25.8. The first-order valence-corrected chi connectivity index (χ1v) is 13.9. The van der Waals surface area contributed by atoms with Crippen LogP contribution >= 0.6 is 23.2 Å². The SMILES string of the molecule is CCOc1cc(Cl)ccc1NC(=O)c1cc2ccccc2c(N=Nc2ccc(S(=O)(=O)O)c(CC)c2Cl)c1[O-].[Na+]. The van der Waals surface area contributed by atoms with E-state index in [0.717, 1.165) is 6.07 Å². The number of carbonyl (C=O) groups excluding carboxylic acids is 1. The monoisotopic (exact) mass is 609 g/mol. The van der Waals surface area contributed by atoms with Gasteiger partial charge in [-0.3, -0.25) is 9.35 Å². The number of halogens is 2. The van der Waals surface area contributed by atoms with Crippen LogP contribution in [0.4, 0.5) is 17.1 Å². The second-order valence-corrected chi connectivity index (χ2v) is 10.5. The first-order valence-electron chi connectivity index (χ1n) is 11.7. The molecule has 0 radical (unpaired) electrons. The molecule has 0 aliphatic carbocycles. The van der Waals surface area contributed by atoms with E-state index < -0.39 is 21.8 Å². The van der Waals surface area contributed by atoms with Crippen molar-refractivity contribution in [2.45, 2.75) is 25.2 Å². The molecule has 0 aromatic heterocycles. The number of nitrogens with zero attached hydrogens (tertiary/aromatic N) is 2. The normalized spacial score (nSPS) is 11.4. The Balaban J connectivity index is 0.00000441. The number of anilines is 1. The van der Waals surface area contributed by atoms with Crippen molar-refractivity contribution in [3.8, 4) is 11.5 Å². The first-order chi connectivity index (χ1) is 18.5. The summed E-state index contributed by atoms with van der Waals surface area (Å²) in [5.74, 6) is -1.02. The van der Waals surface area contributed by atoms with Gasteiger partial charge in [-0.25, -0.2) is 0 Å². The number of carbonyl (C=O) groups is 1. The summed E-state index contributed by atoms with van der Waals surface area (Å²) in [6.07, 6.45) is 0.192. The van der Waals surface area contributed by atoms with Crippen molar-refractivity contribution in [2.24, 2.45) is 10.2 Å². The fourth-order valence-electron chi connectivity index (χ4n) is 3.98. The maximum Gasteiger partial charge on any atom is 1.00 e. The molecule has 0 heterocycles. The Kier molecular flexibility index (Phi) is 10.6. The van der Waals surface area contributed by atoms with Crippen molar-refractivity contribution in [2.75, 3.05) is 11.9 Å². The van der Waals surface area contributed by atoms with E-state index in [4.69, 9.17) is 27.9 Å². The predicted molar refractivity (Wildman–Crippen MR) is 149 cm³/mol. The molecule has 13 heteroatoms. The van der Waals surface area contributed by atoms with Gasteiger partial charge in [0.15, 0.2) is 0 Å². The summed E-state index contributed by atoms with van der Waals surface area (Å²) in [5.41, 5.74) is 0.292. The standard InChI is InChI=1S/C27H23Cl2N3O6S.Na/c1-3-17-23(39(35,36)37)12-11-21(24(17)29)31-32-25-18-8-6-5-7-15(18)13-19(26(25)33)27(34)30-20-10-9-16(28)14-22(20)38-4-2;/h5-14,33H,3-4H2,1-2H3,(H,30,34)(H,35,36,37);/q;+1/p-1. The van der Waals surface area contributed by atoms with Gasteiger partial charge < -0.3 is 15.2 Å². The minimum atomic E-state index is -4.51. The largest absolute Gasteiger partial charge is 1.00 e. The van der Waals surface area contributed by atoms with E-state index in [1.165, 1.54) is 12.1 Å². The van der Waals surface area contributed by atoms with Gasteiger partial charge in [-0.05, 0) is 54.6 Å². The van der Waals surface area contributed by atoms with Crippen LogP contribution in [0.25, 0.3) is 10.8 Å². The van der Waals surface area contributed by atoms with Crippen LogP contribution in [0.15, 0.2) is 75.8 Å². The minimum Gasteiger partial charge on any atom is -0.870 e. The third-order valence-corrected chi connectivity index (χ3v) is 7.38. The number of fused-ring (bicyclic) bond motifs is 1. The molecule has 4 aromatic carbocycles. The van der Waals surface area contributed by atoms with Gasteiger partial charge in [0.25, 0.3) is 16.0 Å². The van der Waals surface area contributed by atoms with Crippen LogP contribution in [0.3, 0.4) is 0 Å². The molecule has 40 heavy (non-hydrogen) atoms. The molecule has 0 unspecified atom stereocenters. The summed E-state index contributed by atoms with van der Waals surface area (Å²) in [4.78, 5) is 12.9. The quantitative estimate of drug-likeness (QED) is 0.175. The average molecular weight is 610 g/mol. The molecule has 202 valence electrons. The van der Waals surface area contributed by atoms with Gasteiger partial charge in [0.1, 0.15) is 11.4 Å². The maximum atomic E-state index is 13.5. The topological polar surface area (TPSA) is 140 Å². The number of hydrogen-bond donors (Lipinski definition) is 2. The van der Waals surface area contributed by atoms with E-state index >= 15 is 0 Å². The van der Waals surface area contributed by atoms with Crippen molar-refractivity contribution < 1.29 is 57.2 Å². The van der Waals surface area contributed by atoms with Crippen LogP contribution < -0.4 is 44.7 Å². The molecule has 0 bridgehead atoms. The first kappa shape index (κ1) is 31.8. The van der Waals surface area contributed by atoms with E-state index in [-0.39, 0.29) is 68.4 Å². The number of benzene rings is 4. The molecule has 0 atom stereocenters. The van der Waals surface area contributed by atoms with Crippen molar-refractivity contribution in [3.05, 3.63) is 81.8 Å². The van der Waals surface area contributed by atoms with E-state index in [0.29, 0.717) is 33.8 Å². The molecule has 1 amide bonds. The Morgan fingerprint density at radius 3 is 2.45 bits per heavy atom. The fraction of sp³-hybridized carbons (Fsp3) is 0.148. The molecular weight excluding hydrogens is 588 g/mol. The number of nitrogens with one attached hydrogen (secondary N) is 1. The minimum absolute atomic E-state index is 0. The van der Waals surface area contributed by atoms with Crippen molar-refractivity contribution in [1.82, 2.24) is 0 Å². The zero-order chi connectivity index (χ0) is 28.3. The molecule has 0 fully saturated rings. The number of ether oxygens (including phenoxy) is 1. The van der Waals surface area contributed by atoms with Gasteiger partial charge in [-0.15, -0.1) is 5.11 Å². The van der Waals surface area contributed by atoms with E-state index in [2.05, 4.69) is 15.5 Å². The van der Waals surface area contributed by atoms with Crippen molar-refractivity contribution in [3.63, 3.8) is 0 Å². The second-order valence-electron chi connectivity index (χ2n) is 8.25. The van der Waals surface area contributed by atoms with Crippen LogP contribution in [0, 0.1) is 0 Å². The summed E-state index contributed by atoms with van der Waals surface area (Å²) in [6.45, 7) is 3.79. The van der Waals surface area contributed by atoms with Crippen LogP contribution in [0.5, 0.6) is 11.5 Å². The third kappa shape index (κ3) is 6.77. The van der Waals surface area contributed by atoms with Crippen LogP contribution in [-0.4, -0.2) is 25.5 Å². The van der Waals surface area contributed by atoms with E-state index in [9.17, 15) is 22.9 Å². The Labute approximate surface area is 263 Å². The Bertz CT molecular complexity index is 1730. The third-order valence-electron chi connectivity index (χ3n) is 5.78. The number of hydrogen-bond acceptors (Lipinski definition) is 7. The maximum absolute atomic E-state index is 13.5.